The lowest BCUT2D eigenvalue weighted by Gasteiger charge is -2.12. The Morgan fingerprint density at radius 1 is 1.56 bits per heavy atom. The summed E-state index contributed by atoms with van der Waals surface area (Å²) in [6, 6.07) is 0.0179. The second-order valence-corrected chi connectivity index (χ2v) is 4.08. The molecule has 2 aromatic heterocycles. The zero-order chi connectivity index (χ0) is 11.5. The van der Waals surface area contributed by atoms with Crippen molar-refractivity contribution in [3.05, 3.63) is 39.1 Å². The van der Waals surface area contributed by atoms with Crippen LogP contribution in [0.15, 0.2) is 28.0 Å². The lowest BCUT2D eigenvalue weighted by molar-refractivity contribution is 0.868. The van der Waals surface area contributed by atoms with Crippen LogP contribution in [0.2, 0.25) is 0 Å². The van der Waals surface area contributed by atoms with Crippen molar-refractivity contribution in [3.63, 3.8) is 0 Å². The summed E-state index contributed by atoms with van der Waals surface area (Å²) in [5.41, 5.74) is 0.783. The van der Waals surface area contributed by atoms with Gasteiger partial charge in [-0.05, 0) is 22.9 Å². The van der Waals surface area contributed by atoms with E-state index in [4.69, 9.17) is 0 Å². The summed E-state index contributed by atoms with van der Waals surface area (Å²) >= 11 is 3.18. The molecule has 0 amide bonds. The molecular weight excluding hydrogens is 274 g/mol. The van der Waals surface area contributed by atoms with E-state index in [1.54, 1.807) is 12.4 Å². The lowest BCUT2D eigenvalue weighted by Crippen LogP contribution is -2.14. The quantitative estimate of drug-likeness (QED) is 0.795. The average molecular weight is 284 g/mol. The third-order valence-electron chi connectivity index (χ3n) is 2.17. The van der Waals surface area contributed by atoms with Crippen LogP contribution in [0.1, 0.15) is 18.5 Å². The Balaban J connectivity index is 2.21. The zero-order valence-electron chi connectivity index (χ0n) is 8.49. The molecule has 0 aromatic carbocycles. The molecule has 0 aliphatic rings. The van der Waals surface area contributed by atoms with E-state index in [2.05, 4.69) is 41.4 Å². The van der Waals surface area contributed by atoms with Gasteiger partial charge >= 0.3 is 0 Å². The second kappa shape index (κ2) is 4.48. The number of hydrogen-bond donors (Lipinski definition) is 3. The van der Waals surface area contributed by atoms with Crippen molar-refractivity contribution >= 4 is 21.7 Å². The van der Waals surface area contributed by atoms with Crippen LogP contribution in [0.25, 0.3) is 0 Å². The smallest absolute Gasteiger partial charge is 0.267 e. The molecule has 0 saturated heterocycles. The number of aromatic nitrogens is 4. The lowest BCUT2D eigenvalue weighted by atomic mass is 10.2. The van der Waals surface area contributed by atoms with Crippen LogP contribution in [0.5, 0.6) is 0 Å². The predicted octanol–water partition coefficient (Wildman–Crippen LogP) is 1.43. The fourth-order valence-electron chi connectivity index (χ4n) is 1.27. The molecule has 6 nitrogen and oxygen atoms in total. The van der Waals surface area contributed by atoms with Gasteiger partial charge in [0.25, 0.3) is 5.56 Å². The molecule has 3 N–H and O–H groups in total. The predicted molar refractivity (Wildman–Crippen MR) is 63.2 cm³/mol. The van der Waals surface area contributed by atoms with E-state index in [-0.39, 0.29) is 11.6 Å². The minimum absolute atomic E-state index is 0.0179. The normalized spacial score (nSPS) is 12.4. The largest absolute Gasteiger partial charge is 0.362 e. The first-order chi connectivity index (χ1) is 7.68. The highest BCUT2D eigenvalue weighted by Gasteiger charge is 2.10. The van der Waals surface area contributed by atoms with E-state index in [1.807, 2.05) is 6.92 Å². The van der Waals surface area contributed by atoms with Crippen molar-refractivity contribution in [2.45, 2.75) is 13.0 Å². The highest BCUT2D eigenvalue weighted by atomic mass is 79.9. The molecule has 2 aromatic rings. The fourth-order valence-corrected chi connectivity index (χ4v) is 1.60. The maximum atomic E-state index is 11.3. The van der Waals surface area contributed by atoms with Crippen molar-refractivity contribution in [2.75, 3.05) is 5.32 Å². The fraction of sp³-hybridized carbons (Fsp3) is 0.222. The van der Waals surface area contributed by atoms with E-state index >= 15 is 0 Å². The Morgan fingerprint density at radius 3 is 3.06 bits per heavy atom. The molecule has 0 saturated carbocycles. The van der Waals surface area contributed by atoms with Gasteiger partial charge < -0.3 is 10.3 Å². The van der Waals surface area contributed by atoms with E-state index in [1.165, 1.54) is 6.33 Å². The molecule has 1 unspecified atom stereocenters. The van der Waals surface area contributed by atoms with Crippen molar-refractivity contribution in [1.82, 2.24) is 20.2 Å². The maximum Gasteiger partial charge on any atom is 0.267 e. The van der Waals surface area contributed by atoms with Gasteiger partial charge in [0.05, 0.1) is 18.6 Å². The summed E-state index contributed by atoms with van der Waals surface area (Å²) in [5, 5.41) is 9.71. The Bertz CT molecular complexity index is 521. The number of halogens is 1. The molecule has 7 heteroatoms. The average Bonchev–Trinajstić information content (AvgIpc) is 2.78. The monoisotopic (exact) mass is 283 g/mol. The van der Waals surface area contributed by atoms with E-state index in [0.717, 1.165) is 5.56 Å². The molecule has 0 fully saturated rings. The maximum absolute atomic E-state index is 11.3. The first kappa shape index (κ1) is 10.9. The Labute approximate surface area is 99.6 Å². The Hall–Kier alpha value is -1.63. The second-order valence-electron chi connectivity index (χ2n) is 3.29. The van der Waals surface area contributed by atoms with Crippen LogP contribution >= 0.6 is 15.9 Å². The number of rotatable bonds is 3. The van der Waals surface area contributed by atoms with E-state index < -0.39 is 0 Å². The summed E-state index contributed by atoms with van der Waals surface area (Å²) in [6.45, 7) is 1.96. The van der Waals surface area contributed by atoms with Crippen LogP contribution in [0, 0.1) is 0 Å². The minimum Gasteiger partial charge on any atom is -0.362 e. The molecule has 84 valence electrons. The number of aromatic amines is 2. The summed E-state index contributed by atoms with van der Waals surface area (Å²) in [6.07, 6.45) is 4.87. The van der Waals surface area contributed by atoms with Crippen LogP contribution < -0.4 is 10.9 Å². The molecular formula is C9H10BrN5O. The highest BCUT2D eigenvalue weighted by molar-refractivity contribution is 9.10. The molecule has 0 radical (unpaired) electrons. The van der Waals surface area contributed by atoms with Crippen LogP contribution in [-0.4, -0.2) is 20.2 Å². The van der Waals surface area contributed by atoms with Gasteiger partial charge in [-0.3, -0.25) is 9.89 Å². The number of nitrogens with zero attached hydrogens (tertiary/aromatic N) is 2. The molecule has 16 heavy (non-hydrogen) atoms. The van der Waals surface area contributed by atoms with Gasteiger partial charge in [-0.15, -0.1) is 0 Å². The summed E-state index contributed by atoms with van der Waals surface area (Å²) in [5.74, 6) is 0.512. The van der Waals surface area contributed by atoms with Gasteiger partial charge in [0.1, 0.15) is 10.3 Å². The summed E-state index contributed by atoms with van der Waals surface area (Å²) in [4.78, 5) is 17.8. The number of nitrogens with one attached hydrogen (secondary N) is 3. The van der Waals surface area contributed by atoms with Gasteiger partial charge in [0.2, 0.25) is 0 Å². The molecule has 0 aliphatic heterocycles. The molecule has 1 atom stereocenters. The van der Waals surface area contributed by atoms with Crippen LogP contribution in [-0.2, 0) is 0 Å². The van der Waals surface area contributed by atoms with Gasteiger partial charge in [-0.1, -0.05) is 0 Å². The highest BCUT2D eigenvalue weighted by Crippen LogP contribution is 2.20. The molecule has 0 aliphatic carbocycles. The van der Waals surface area contributed by atoms with Gasteiger partial charge in [0.15, 0.2) is 0 Å². The SMILES string of the molecule is CC(Nc1nc[nH]c(=O)c1Br)c1cn[nH]c1. The number of H-pyrrole nitrogens is 2. The molecule has 2 rings (SSSR count). The standard InChI is InChI=1S/C9H10BrN5O/c1-5(6-2-13-14-3-6)15-8-7(10)9(16)12-4-11-8/h2-5H,1H3,(H,13,14)(H2,11,12,15,16). The third kappa shape index (κ3) is 2.13. The molecule has 2 heterocycles. The van der Waals surface area contributed by atoms with E-state index in [0.29, 0.717) is 10.3 Å². The van der Waals surface area contributed by atoms with Crippen molar-refractivity contribution in [1.29, 1.82) is 0 Å². The van der Waals surface area contributed by atoms with Crippen molar-refractivity contribution < 1.29 is 0 Å². The molecule has 0 spiro atoms. The van der Waals surface area contributed by atoms with Crippen LogP contribution in [0.3, 0.4) is 0 Å². The van der Waals surface area contributed by atoms with Gasteiger partial charge in [-0.25, -0.2) is 4.98 Å². The molecule has 0 bridgehead atoms. The number of anilines is 1. The topological polar surface area (TPSA) is 86.5 Å². The summed E-state index contributed by atoms with van der Waals surface area (Å²) < 4.78 is 0.394. The van der Waals surface area contributed by atoms with Crippen LogP contribution in [0.4, 0.5) is 5.82 Å². The van der Waals surface area contributed by atoms with Crippen molar-refractivity contribution in [3.8, 4) is 0 Å². The first-order valence-electron chi connectivity index (χ1n) is 4.67. The third-order valence-corrected chi connectivity index (χ3v) is 2.90. The van der Waals surface area contributed by atoms with Gasteiger partial charge in [-0.2, -0.15) is 5.10 Å². The van der Waals surface area contributed by atoms with Crippen molar-refractivity contribution in [2.24, 2.45) is 0 Å². The minimum atomic E-state index is -0.211. The van der Waals surface area contributed by atoms with Gasteiger partial charge in [0, 0.05) is 11.8 Å². The van der Waals surface area contributed by atoms with E-state index in [9.17, 15) is 4.79 Å². The zero-order valence-corrected chi connectivity index (χ0v) is 10.1. The Morgan fingerprint density at radius 2 is 2.38 bits per heavy atom. The Kier molecular flexibility index (Phi) is 3.04. The number of hydrogen-bond acceptors (Lipinski definition) is 4. The first-order valence-corrected chi connectivity index (χ1v) is 5.46. The summed E-state index contributed by atoms with van der Waals surface area (Å²) in [7, 11) is 0.